The van der Waals surface area contributed by atoms with Gasteiger partial charge in [0.2, 0.25) is 0 Å². The second kappa shape index (κ2) is 5.63. The van der Waals surface area contributed by atoms with E-state index in [1.165, 1.54) is 0 Å². The van der Waals surface area contributed by atoms with E-state index < -0.39 is 0 Å². The molecule has 0 aliphatic carbocycles. The monoisotopic (exact) mass is 226 g/mol. The maximum absolute atomic E-state index is 10.4. The molecule has 0 fully saturated rings. The Labute approximate surface area is 92.8 Å². The SMILES string of the molecule is CC(C)NCC=Cc1csc([N+](=O)[O-])c1. The first kappa shape index (κ1) is 11.9. The molecule has 0 saturated heterocycles. The largest absolute Gasteiger partial charge is 0.324 e. The fraction of sp³-hybridized carbons (Fsp3) is 0.400. The molecule has 0 radical (unpaired) electrons. The van der Waals surface area contributed by atoms with Crippen LogP contribution in [-0.4, -0.2) is 17.5 Å². The Bertz CT molecular complexity index is 358. The zero-order valence-electron chi connectivity index (χ0n) is 8.77. The van der Waals surface area contributed by atoms with Gasteiger partial charge in [0.15, 0.2) is 0 Å². The minimum atomic E-state index is -0.367. The topological polar surface area (TPSA) is 55.2 Å². The van der Waals surface area contributed by atoms with Gasteiger partial charge >= 0.3 is 5.00 Å². The number of nitrogens with one attached hydrogen (secondary N) is 1. The molecule has 1 rings (SSSR count). The molecular weight excluding hydrogens is 212 g/mol. The van der Waals surface area contributed by atoms with E-state index in [4.69, 9.17) is 0 Å². The first-order valence-electron chi connectivity index (χ1n) is 4.72. The van der Waals surface area contributed by atoms with E-state index in [0.29, 0.717) is 6.04 Å². The summed E-state index contributed by atoms with van der Waals surface area (Å²) in [6, 6.07) is 2.03. The van der Waals surface area contributed by atoms with Crippen molar-refractivity contribution in [1.29, 1.82) is 0 Å². The van der Waals surface area contributed by atoms with Gasteiger partial charge in [0, 0.05) is 24.0 Å². The Morgan fingerprint density at radius 1 is 1.67 bits per heavy atom. The second-order valence-corrected chi connectivity index (χ2v) is 4.33. The summed E-state index contributed by atoms with van der Waals surface area (Å²) in [5.41, 5.74) is 0.886. The molecule has 0 spiro atoms. The van der Waals surface area contributed by atoms with Crippen molar-refractivity contribution in [2.45, 2.75) is 19.9 Å². The lowest BCUT2D eigenvalue weighted by molar-refractivity contribution is -0.380. The summed E-state index contributed by atoms with van der Waals surface area (Å²) in [4.78, 5) is 10.0. The van der Waals surface area contributed by atoms with Crippen molar-refractivity contribution >= 4 is 22.4 Å². The number of nitrogens with zero attached hydrogens (tertiary/aromatic N) is 1. The molecule has 1 aromatic rings. The Hall–Kier alpha value is -1.20. The first-order valence-corrected chi connectivity index (χ1v) is 5.60. The van der Waals surface area contributed by atoms with Crippen LogP contribution in [-0.2, 0) is 0 Å². The van der Waals surface area contributed by atoms with Crippen LogP contribution in [0.3, 0.4) is 0 Å². The Kier molecular flexibility index (Phi) is 4.45. The number of hydrogen-bond acceptors (Lipinski definition) is 4. The van der Waals surface area contributed by atoms with Crippen molar-refractivity contribution in [3.8, 4) is 0 Å². The van der Waals surface area contributed by atoms with Crippen LogP contribution in [0.15, 0.2) is 17.5 Å². The van der Waals surface area contributed by atoms with Crippen molar-refractivity contribution in [3.05, 3.63) is 33.2 Å². The van der Waals surface area contributed by atoms with Gasteiger partial charge in [-0.1, -0.05) is 37.3 Å². The average Bonchev–Trinajstić information content (AvgIpc) is 2.60. The van der Waals surface area contributed by atoms with Gasteiger partial charge in [-0.05, 0) is 5.56 Å². The fourth-order valence-corrected chi connectivity index (χ4v) is 1.71. The quantitative estimate of drug-likeness (QED) is 0.620. The van der Waals surface area contributed by atoms with Crippen LogP contribution >= 0.6 is 11.3 Å². The summed E-state index contributed by atoms with van der Waals surface area (Å²) < 4.78 is 0. The molecule has 0 unspecified atom stereocenters. The van der Waals surface area contributed by atoms with E-state index in [9.17, 15) is 10.1 Å². The number of thiophene rings is 1. The Morgan fingerprint density at radius 3 is 2.93 bits per heavy atom. The van der Waals surface area contributed by atoms with Gasteiger partial charge in [-0.15, -0.1) is 0 Å². The number of nitro groups is 1. The average molecular weight is 226 g/mol. The summed E-state index contributed by atoms with van der Waals surface area (Å²) >= 11 is 1.15. The molecule has 0 saturated carbocycles. The van der Waals surface area contributed by atoms with Crippen LogP contribution in [0.1, 0.15) is 19.4 Å². The van der Waals surface area contributed by atoms with Gasteiger partial charge in [-0.3, -0.25) is 10.1 Å². The predicted molar refractivity (Wildman–Crippen MR) is 63.1 cm³/mol. The Balaban J connectivity index is 2.46. The molecule has 82 valence electrons. The standard InChI is InChI=1S/C10H14N2O2S/c1-8(2)11-5-3-4-9-6-10(12(13)14)15-7-9/h3-4,6-8,11H,5H2,1-2H3. The van der Waals surface area contributed by atoms with Crippen molar-refractivity contribution in [2.75, 3.05) is 6.54 Å². The first-order chi connectivity index (χ1) is 7.09. The number of hydrogen-bond donors (Lipinski definition) is 1. The van der Waals surface area contributed by atoms with Crippen LogP contribution < -0.4 is 5.32 Å². The smallest absolute Gasteiger partial charge is 0.311 e. The van der Waals surface area contributed by atoms with Crippen molar-refractivity contribution in [3.63, 3.8) is 0 Å². The van der Waals surface area contributed by atoms with Crippen molar-refractivity contribution < 1.29 is 4.92 Å². The highest BCUT2D eigenvalue weighted by Crippen LogP contribution is 2.23. The van der Waals surface area contributed by atoms with Crippen molar-refractivity contribution in [1.82, 2.24) is 5.32 Å². The molecule has 5 heteroatoms. The minimum Gasteiger partial charge on any atom is -0.311 e. The molecule has 0 aliphatic rings. The molecule has 1 aromatic heterocycles. The van der Waals surface area contributed by atoms with E-state index >= 15 is 0 Å². The van der Waals surface area contributed by atoms with E-state index in [0.717, 1.165) is 23.4 Å². The molecule has 0 bridgehead atoms. The maximum Gasteiger partial charge on any atom is 0.324 e. The predicted octanol–water partition coefficient (Wildman–Crippen LogP) is 2.67. The van der Waals surface area contributed by atoms with Gasteiger partial charge < -0.3 is 5.32 Å². The van der Waals surface area contributed by atoms with Crippen LogP contribution in [0.5, 0.6) is 0 Å². The molecular formula is C10H14N2O2S. The molecule has 4 nitrogen and oxygen atoms in total. The summed E-state index contributed by atoms with van der Waals surface area (Å²) in [7, 11) is 0. The molecule has 0 amide bonds. The van der Waals surface area contributed by atoms with E-state index in [1.54, 1.807) is 11.4 Å². The van der Waals surface area contributed by atoms with E-state index in [1.807, 2.05) is 12.2 Å². The molecule has 0 aromatic carbocycles. The van der Waals surface area contributed by atoms with Crippen LogP contribution in [0, 0.1) is 10.1 Å². The summed E-state index contributed by atoms with van der Waals surface area (Å²) in [6.45, 7) is 4.92. The summed E-state index contributed by atoms with van der Waals surface area (Å²) in [5, 5.41) is 15.6. The summed E-state index contributed by atoms with van der Waals surface area (Å²) in [5.74, 6) is 0. The minimum absolute atomic E-state index is 0.187. The highest BCUT2D eigenvalue weighted by Gasteiger charge is 2.07. The lowest BCUT2D eigenvalue weighted by Gasteiger charge is -2.02. The van der Waals surface area contributed by atoms with Gasteiger partial charge in [0.05, 0.1) is 4.92 Å². The summed E-state index contributed by atoms with van der Waals surface area (Å²) in [6.07, 6.45) is 3.85. The highest BCUT2D eigenvalue weighted by molar-refractivity contribution is 7.13. The fourth-order valence-electron chi connectivity index (χ4n) is 1.02. The van der Waals surface area contributed by atoms with Crippen molar-refractivity contribution in [2.24, 2.45) is 0 Å². The normalized spacial score (nSPS) is 11.4. The zero-order chi connectivity index (χ0) is 11.3. The maximum atomic E-state index is 10.4. The molecule has 15 heavy (non-hydrogen) atoms. The van der Waals surface area contributed by atoms with Gasteiger partial charge in [0.1, 0.15) is 0 Å². The van der Waals surface area contributed by atoms with Gasteiger partial charge in [-0.25, -0.2) is 0 Å². The van der Waals surface area contributed by atoms with Gasteiger partial charge in [-0.2, -0.15) is 0 Å². The van der Waals surface area contributed by atoms with E-state index in [2.05, 4.69) is 19.2 Å². The molecule has 1 N–H and O–H groups in total. The van der Waals surface area contributed by atoms with E-state index in [-0.39, 0.29) is 9.92 Å². The lowest BCUT2D eigenvalue weighted by Crippen LogP contribution is -2.22. The third kappa shape index (κ3) is 4.22. The Morgan fingerprint density at radius 2 is 2.40 bits per heavy atom. The second-order valence-electron chi connectivity index (χ2n) is 3.44. The molecule has 1 heterocycles. The third-order valence-corrected chi connectivity index (χ3v) is 2.64. The molecule has 0 aliphatic heterocycles. The van der Waals surface area contributed by atoms with Crippen LogP contribution in [0.25, 0.3) is 6.08 Å². The molecule has 0 atom stereocenters. The highest BCUT2D eigenvalue weighted by atomic mass is 32.1. The third-order valence-electron chi connectivity index (χ3n) is 1.74. The number of rotatable bonds is 5. The lowest BCUT2D eigenvalue weighted by atomic mass is 10.3. The zero-order valence-corrected chi connectivity index (χ0v) is 9.58. The van der Waals surface area contributed by atoms with Crippen LogP contribution in [0.4, 0.5) is 5.00 Å². The van der Waals surface area contributed by atoms with Gasteiger partial charge in [0.25, 0.3) is 0 Å². The van der Waals surface area contributed by atoms with Crippen LogP contribution in [0.2, 0.25) is 0 Å².